The van der Waals surface area contributed by atoms with E-state index in [4.69, 9.17) is 20.9 Å². The highest BCUT2D eigenvalue weighted by Gasteiger charge is 2.23. The molecule has 2 rings (SSSR count). The topological polar surface area (TPSA) is 48.2 Å². The summed E-state index contributed by atoms with van der Waals surface area (Å²) in [5.74, 6) is 1.38. The smallest absolute Gasteiger partial charge is 0.255 e. The number of nitrogens with zero attached hydrogens (tertiary/aromatic N) is 2. The summed E-state index contributed by atoms with van der Waals surface area (Å²) >= 11 is 5.52. The lowest BCUT2D eigenvalue weighted by Crippen LogP contribution is -1.95. The maximum atomic E-state index is 5.52. The SMILES string of the molecule is ClCc1noc([C@H]2CCCO2)n1. The summed E-state index contributed by atoms with van der Waals surface area (Å²) in [7, 11) is 0. The van der Waals surface area contributed by atoms with Gasteiger partial charge in [0.15, 0.2) is 5.82 Å². The van der Waals surface area contributed by atoms with Crippen LogP contribution < -0.4 is 0 Å². The summed E-state index contributed by atoms with van der Waals surface area (Å²) in [5, 5.41) is 3.68. The summed E-state index contributed by atoms with van der Waals surface area (Å²) < 4.78 is 10.3. The van der Waals surface area contributed by atoms with Crippen molar-refractivity contribution in [2.24, 2.45) is 0 Å². The molecule has 1 fully saturated rings. The first-order valence-electron chi connectivity index (χ1n) is 3.90. The van der Waals surface area contributed by atoms with Crippen LogP contribution in [0.5, 0.6) is 0 Å². The Labute approximate surface area is 74.9 Å². The molecule has 1 saturated heterocycles. The molecule has 66 valence electrons. The van der Waals surface area contributed by atoms with Crippen LogP contribution in [0.3, 0.4) is 0 Å². The fraction of sp³-hybridized carbons (Fsp3) is 0.714. The Kier molecular flexibility index (Phi) is 2.28. The standard InChI is InChI=1S/C7H9ClN2O2/c8-4-6-9-7(12-10-6)5-2-1-3-11-5/h5H,1-4H2/t5-/m1/s1. The third-order valence-electron chi connectivity index (χ3n) is 1.81. The molecule has 0 radical (unpaired) electrons. The maximum absolute atomic E-state index is 5.52. The number of aromatic nitrogens is 2. The molecule has 0 saturated carbocycles. The van der Waals surface area contributed by atoms with E-state index in [0.717, 1.165) is 19.4 Å². The first kappa shape index (κ1) is 8.01. The van der Waals surface area contributed by atoms with Crippen molar-refractivity contribution in [1.82, 2.24) is 10.1 Å². The van der Waals surface area contributed by atoms with Crippen LogP contribution in [0, 0.1) is 0 Å². The Morgan fingerprint density at radius 3 is 3.08 bits per heavy atom. The number of rotatable bonds is 2. The van der Waals surface area contributed by atoms with Gasteiger partial charge in [-0.2, -0.15) is 4.98 Å². The third-order valence-corrected chi connectivity index (χ3v) is 2.05. The second-order valence-electron chi connectivity index (χ2n) is 2.68. The lowest BCUT2D eigenvalue weighted by atomic mass is 10.2. The molecule has 2 heterocycles. The Morgan fingerprint density at radius 2 is 2.50 bits per heavy atom. The van der Waals surface area contributed by atoms with Gasteiger partial charge in [0.1, 0.15) is 6.10 Å². The number of ether oxygens (including phenoxy) is 1. The maximum Gasteiger partial charge on any atom is 0.255 e. The minimum Gasteiger partial charge on any atom is -0.368 e. The van der Waals surface area contributed by atoms with Gasteiger partial charge in [0.25, 0.3) is 5.89 Å². The molecular formula is C7H9ClN2O2. The molecule has 1 aliphatic heterocycles. The van der Waals surface area contributed by atoms with Gasteiger partial charge in [-0.15, -0.1) is 11.6 Å². The normalized spacial score (nSPS) is 23.2. The molecule has 0 spiro atoms. The minimum absolute atomic E-state index is 0.00512. The van der Waals surface area contributed by atoms with E-state index in [2.05, 4.69) is 10.1 Å². The van der Waals surface area contributed by atoms with E-state index in [0.29, 0.717) is 11.7 Å². The molecule has 1 aromatic heterocycles. The van der Waals surface area contributed by atoms with Gasteiger partial charge >= 0.3 is 0 Å². The van der Waals surface area contributed by atoms with Crippen molar-refractivity contribution in [2.45, 2.75) is 24.8 Å². The van der Waals surface area contributed by atoms with Gasteiger partial charge in [0.2, 0.25) is 0 Å². The van der Waals surface area contributed by atoms with E-state index in [-0.39, 0.29) is 12.0 Å². The van der Waals surface area contributed by atoms with E-state index < -0.39 is 0 Å². The van der Waals surface area contributed by atoms with Crippen LogP contribution >= 0.6 is 11.6 Å². The van der Waals surface area contributed by atoms with E-state index in [1.54, 1.807) is 0 Å². The molecule has 0 aromatic carbocycles. The second kappa shape index (κ2) is 3.41. The molecule has 1 aliphatic rings. The molecule has 0 N–H and O–H groups in total. The van der Waals surface area contributed by atoms with Gasteiger partial charge in [-0.1, -0.05) is 5.16 Å². The van der Waals surface area contributed by atoms with Crippen LogP contribution in [0.2, 0.25) is 0 Å². The quantitative estimate of drug-likeness (QED) is 0.663. The van der Waals surface area contributed by atoms with Crippen LogP contribution in [0.4, 0.5) is 0 Å². The highest BCUT2D eigenvalue weighted by molar-refractivity contribution is 6.16. The van der Waals surface area contributed by atoms with E-state index in [1.807, 2.05) is 0 Å². The Morgan fingerprint density at radius 1 is 1.58 bits per heavy atom. The first-order valence-corrected chi connectivity index (χ1v) is 4.43. The molecule has 0 unspecified atom stereocenters. The Balaban J connectivity index is 2.11. The zero-order valence-electron chi connectivity index (χ0n) is 6.49. The molecule has 0 bridgehead atoms. The molecule has 4 nitrogen and oxygen atoms in total. The molecular weight excluding hydrogens is 180 g/mol. The lowest BCUT2D eigenvalue weighted by molar-refractivity contribution is 0.0835. The monoisotopic (exact) mass is 188 g/mol. The van der Waals surface area contributed by atoms with Crippen molar-refractivity contribution in [2.75, 3.05) is 6.61 Å². The van der Waals surface area contributed by atoms with Crippen molar-refractivity contribution in [3.63, 3.8) is 0 Å². The molecule has 1 aromatic rings. The zero-order chi connectivity index (χ0) is 8.39. The molecule has 0 amide bonds. The number of hydrogen-bond donors (Lipinski definition) is 0. The fourth-order valence-corrected chi connectivity index (χ4v) is 1.33. The largest absolute Gasteiger partial charge is 0.368 e. The van der Waals surface area contributed by atoms with Crippen LogP contribution in [-0.2, 0) is 10.6 Å². The van der Waals surface area contributed by atoms with Gasteiger partial charge in [0.05, 0.1) is 5.88 Å². The van der Waals surface area contributed by atoms with Crippen molar-refractivity contribution < 1.29 is 9.26 Å². The van der Waals surface area contributed by atoms with Crippen molar-refractivity contribution in [3.8, 4) is 0 Å². The number of alkyl halides is 1. The summed E-state index contributed by atoms with van der Waals surface area (Å²) in [4.78, 5) is 4.08. The molecule has 1 atom stereocenters. The summed E-state index contributed by atoms with van der Waals surface area (Å²) in [6.45, 7) is 0.781. The molecule has 5 heteroatoms. The van der Waals surface area contributed by atoms with Gasteiger partial charge in [-0.3, -0.25) is 0 Å². The number of halogens is 1. The summed E-state index contributed by atoms with van der Waals surface area (Å²) in [6, 6.07) is 0. The summed E-state index contributed by atoms with van der Waals surface area (Å²) in [5.41, 5.74) is 0. The van der Waals surface area contributed by atoms with E-state index >= 15 is 0 Å². The van der Waals surface area contributed by atoms with Crippen LogP contribution in [0.25, 0.3) is 0 Å². The second-order valence-corrected chi connectivity index (χ2v) is 2.95. The Hall–Kier alpha value is -0.610. The van der Waals surface area contributed by atoms with Gasteiger partial charge in [-0.25, -0.2) is 0 Å². The van der Waals surface area contributed by atoms with Crippen molar-refractivity contribution in [3.05, 3.63) is 11.7 Å². The zero-order valence-corrected chi connectivity index (χ0v) is 7.25. The molecule has 12 heavy (non-hydrogen) atoms. The molecule has 0 aliphatic carbocycles. The van der Waals surface area contributed by atoms with E-state index in [1.165, 1.54) is 0 Å². The lowest BCUT2D eigenvalue weighted by Gasteiger charge is -2.00. The van der Waals surface area contributed by atoms with Gasteiger partial charge < -0.3 is 9.26 Å². The third kappa shape index (κ3) is 1.44. The highest BCUT2D eigenvalue weighted by Crippen LogP contribution is 2.26. The Bertz CT molecular complexity index is 258. The van der Waals surface area contributed by atoms with Gasteiger partial charge in [0, 0.05) is 6.61 Å². The van der Waals surface area contributed by atoms with Crippen LogP contribution in [0.15, 0.2) is 4.52 Å². The average molecular weight is 189 g/mol. The fourth-order valence-electron chi connectivity index (χ4n) is 1.22. The highest BCUT2D eigenvalue weighted by atomic mass is 35.5. The van der Waals surface area contributed by atoms with E-state index in [9.17, 15) is 0 Å². The van der Waals surface area contributed by atoms with Crippen molar-refractivity contribution in [1.29, 1.82) is 0 Å². The summed E-state index contributed by atoms with van der Waals surface area (Å²) in [6.07, 6.45) is 2.02. The minimum atomic E-state index is -0.00512. The van der Waals surface area contributed by atoms with Crippen molar-refractivity contribution >= 4 is 11.6 Å². The van der Waals surface area contributed by atoms with Gasteiger partial charge in [-0.05, 0) is 12.8 Å². The first-order chi connectivity index (χ1) is 5.90. The number of hydrogen-bond acceptors (Lipinski definition) is 4. The average Bonchev–Trinajstić information content (AvgIpc) is 2.75. The predicted octanol–water partition coefficient (Wildman–Crippen LogP) is 1.66. The van der Waals surface area contributed by atoms with Crippen LogP contribution in [-0.4, -0.2) is 16.7 Å². The predicted molar refractivity (Wildman–Crippen MR) is 41.8 cm³/mol. The van der Waals surface area contributed by atoms with Crippen LogP contribution in [0.1, 0.15) is 30.7 Å².